The first-order valence-corrected chi connectivity index (χ1v) is 10.1. The van der Waals surface area contributed by atoms with Gasteiger partial charge in [0.2, 0.25) is 10.0 Å². The number of halogens is 1. The van der Waals surface area contributed by atoms with Crippen LogP contribution in [-0.4, -0.2) is 61.2 Å². The molecule has 1 fully saturated rings. The number of benzene rings is 2. The third-order valence-electron chi connectivity index (χ3n) is 4.45. The highest BCUT2D eigenvalue weighted by Gasteiger charge is 2.34. The van der Waals surface area contributed by atoms with Crippen LogP contribution in [0.4, 0.5) is 10.1 Å². The summed E-state index contributed by atoms with van der Waals surface area (Å²) in [6.45, 7) is 0.0207. The van der Waals surface area contributed by atoms with Crippen LogP contribution in [0.5, 0.6) is 5.75 Å². The van der Waals surface area contributed by atoms with Gasteiger partial charge in [-0.1, -0.05) is 12.1 Å². The second kappa shape index (κ2) is 8.53. The monoisotopic (exact) mass is 423 g/mol. The van der Waals surface area contributed by atoms with Crippen molar-refractivity contribution >= 4 is 21.6 Å². The number of hydrogen-bond donors (Lipinski definition) is 0. The van der Waals surface area contributed by atoms with Crippen molar-refractivity contribution in [1.82, 2.24) is 9.21 Å². The number of sulfonamides is 1. The van der Waals surface area contributed by atoms with Crippen LogP contribution in [0.2, 0.25) is 0 Å². The average Bonchev–Trinajstić information content (AvgIpc) is 2.73. The van der Waals surface area contributed by atoms with Crippen molar-refractivity contribution in [1.29, 1.82) is 0 Å². The van der Waals surface area contributed by atoms with Gasteiger partial charge < -0.3 is 9.64 Å². The quantitative estimate of drug-likeness (QED) is 0.516. The molecule has 0 spiro atoms. The van der Waals surface area contributed by atoms with E-state index in [0.29, 0.717) is 5.75 Å². The number of carbonyl (C=O) groups excluding carboxylic acids is 1. The second-order valence-electron chi connectivity index (χ2n) is 6.25. The molecule has 0 radical (unpaired) electrons. The molecule has 0 unspecified atom stereocenters. The van der Waals surface area contributed by atoms with Gasteiger partial charge in [0.05, 0.1) is 4.92 Å². The number of piperazine rings is 1. The Morgan fingerprint density at radius 2 is 1.69 bits per heavy atom. The zero-order chi connectivity index (χ0) is 21.0. The average molecular weight is 423 g/mol. The van der Waals surface area contributed by atoms with Crippen LogP contribution in [0.25, 0.3) is 0 Å². The molecule has 0 aliphatic carbocycles. The zero-order valence-electron chi connectivity index (χ0n) is 15.2. The Morgan fingerprint density at radius 3 is 2.31 bits per heavy atom. The predicted molar refractivity (Wildman–Crippen MR) is 100 cm³/mol. The first-order valence-electron chi connectivity index (χ1n) is 8.69. The minimum Gasteiger partial charge on any atom is -0.484 e. The SMILES string of the molecule is O=C(COc1ccc(F)cc1)N1CCN(S(=O)(=O)c2ccccc2[N+](=O)[O-])CC1. The summed E-state index contributed by atoms with van der Waals surface area (Å²) in [5.74, 6) is -0.408. The summed E-state index contributed by atoms with van der Waals surface area (Å²) < 4.78 is 44.9. The van der Waals surface area contributed by atoms with Crippen LogP contribution >= 0.6 is 0 Å². The van der Waals surface area contributed by atoms with E-state index in [-0.39, 0.29) is 43.6 Å². The van der Waals surface area contributed by atoms with Crippen LogP contribution in [0.15, 0.2) is 53.4 Å². The number of carbonyl (C=O) groups is 1. The van der Waals surface area contributed by atoms with Gasteiger partial charge in [-0.2, -0.15) is 4.31 Å². The number of hydrogen-bond acceptors (Lipinski definition) is 6. The van der Waals surface area contributed by atoms with Crippen molar-refractivity contribution < 1.29 is 27.3 Å². The third kappa shape index (κ3) is 4.69. The summed E-state index contributed by atoms with van der Waals surface area (Å²) >= 11 is 0. The first kappa shape index (κ1) is 20.7. The van der Waals surface area contributed by atoms with Gasteiger partial charge in [-0.25, -0.2) is 12.8 Å². The number of para-hydroxylation sites is 1. The Morgan fingerprint density at radius 1 is 1.07 bits per heavy atom. The van der Waals surface area contributed by atoms with E-state index in [4.69, 9.17) is 4.74 Å². The molecule has 0 saturated carbocycles. The molecule has 2 aromatic carbocycles. The first-order chi connectivity index (χ1) is 13.8. The van der Waals surface area contributed by atoms with Crippen LogP contribution in [0.1, 0.15) is 0 Å². The smallest absolute Gasteiger partial charge is 0.289 e. The summed E-state index contributed by atoms with van der Waals surface area (Å²) in [6.07, 6.45) is 0. The molecule has 29 heavy (non-hydrogen) atoms. The Balaban J connectivity index is 1.60. The number of nitrogens with zero attached hydrogens (tertiary/aromatic N) is 3. The number of nitro groups is 1. The fourth-order valence-corrected chi connectivity index (χ4v) is 4.49. The molecule has 2 aromatic rings. The molecule has 0 bridgehead atoms. The van der Waals surface area contributed by atoms with Crippen molar-refractivity contribution in [3.05, 3.63) is 64.5 Å². The van der Waals surface area contributed by atoms with Crippen LogP contribution < -0.4 is 4.74 Å². The second-order valence-corrected chi connectivity index (χ2v) is 8.16. The van der Waals surface area contributed by atoms with Crippen LogP contribution in [-0.2, 0) is 14.8 Å². The van der Waals surface area contributed by atoms with Gasteiger partial charge in [0.1, 0.15) is 11.6 Å². The lowest BCUT2D eigenvalue weighted by molar-refractivity contribution is -0.387. The van der Waals surface area contributed by atoms with E-state index in [1.807, 2.05) is 0 Å². The van der Waals surface area contributed by atoms with E-state index >= 15 is 0 Å². The van der Waals surface area contributed by atoms with Crippen LogP contribution in [0.3, 0.4) is 0 Å². The molecule has 0 aromatic heterocycles. The molecule has 9 nitrogen and oxygen atoms in total. The van der Waals surface area contributed by atoms with Gasteiger partial charge in [0.25, 0.3) is 11.6 Å². The summed E-state index contributed by atoms with van der Waals surface area (Å²) in [6, 6.07) is 10.4. The van der Waals surface area contributed by atoms with Crippen LogP contribution in [0, 0.1) is 15.9 Å². The highest BCUT2D eigenvalue weighted by atomic mass is 32.2. The Bertz CT molecular complexity index is 1000. The Kier molecular flexibility index (Phi) is 6.09. The molecule has 0 N–H and O–H groups in total. The highest BCUT2D eigenvalue weighted by Crippen LogP contribution is 2.27. The standard InChI is InChI=1S/C18H18FN3O6S/c19-14-5-7-15(8-6-14)28-13-18(23)20-9-11-21(12-10-20)29(26,27)17-4-2-1-3-16(17)22(24)25/h1-8H,9-13H2. The van der Waals surface area contributed by atoms with E-state index in [0.717, 1.165) is 10.4 Å². The van der Waals surface area contributed by atoms with E-state index < -0.39 is 26.5 Å². The van der Waals surface area contributed by atoms with E-state index in [1.54, 1.807) is 0 Å². The Labute approximate surface area is 166 Å². The molecule has 1 aliphatic heterocycles. The topological polar surface area (TPSA) is 110 Å². The number of rotatable bonds is 6. The number of amides is 1. The molecular weight excluding hydrogens is 405 g/mol. The van der Waals surface area contributed by atoms with Gasteiger partial charge in [-0.15, -0.1) is 0 Å². The fraction of sp³-hybridized carbons (Fsp3) is 0.278. The lowest BCUT2D eigenvalue weighted by atomic mass is 10.3. The number of nitro benzene ring substituents is 1. The Hall–Kier alpha value is -3.05. The third-order valence-corrected chi connectivity index (χ3v) is 6.39. The normalized spacial score (nSPS) is 15.1. The molecule has 1 amide bonds. The maximum atomic E-state index is 12.9. The minimum absolute atomic E-state index is 0.0106. The maximum absolute atomic E-state index is 12.9. The lowest BCUT2D eigenvalue weighted by Crippen LogP contribution is -2.51. The molecule has 154 valence electrons. The van der Waals surface area contributed by atoms with Gasteiger partial charge in [-0.05, 0) is 30.3 Å². The van der Waals surface area contributed by atoms with Crippen molar-refractivity contribution in [2.45, 2.75) is 4.90 Å². The summed E-state index contributed by atoms with van der Waals surface area (Å²) in [7, 11) is -4.06. The maximum Gasteiger partial charge on any atom is 0.289 e. The van der Waals surface area contributed by atoms with Crippen molar-refractivity contribution in [3.8, 4) is 5.75 Å². The molecular formula is C18H18FN3O6S. The van der Waals surface area contributed by atoms with Crippen molar-refractivity contribution in [2.24, 2.45) is 0 Å². The summed E-state index contributed by atoms with van der Waals surface area (Å²) in [5, 5.41) is 11.1. The van der Waals surface area contributed by atoms with Gasteiger partial charge in [-0.3, -0.25) is 14.9 Å². The molecule has 0 atom stereocenters. The van der Waals surface area contributed by atoms with Gasteiger partial charge in [0.15, 0.2) is 11.5 Å². The highest BCUT2D eigenvalue weighted by molar-refractivity contribution is 7.89. The summed E-state index contributed by atoms with van der Waals surface area (Å²) in [5.41, 5.74) is -0.487. The largest absolute Gasteiger partial charge is 0.484 e. The van der Waals surface area contributed by atoms with E-state index in [2.05, 4.69) is 0 Å². The molecule has 3 rings (SSSR count). The van der Waals surface area contributed by atoms with E-state index in [9.17, 15) is 27.7 Å². The molecule has 1 saturated heterocycles. The van der Waals surface area contributed by atoms with Gasteiger partial charge in [0, 0.05) is 32.2 Å². The minimum atomic E-state index is -4.06. The van der Waals surface area contributed by atoms with Crippen molar-refractivity contribution in [2.75, 3.05) is 32.8 Å². The molecule has 11 heteroatoms. The summed E-state index contributed by atoms with van der Waals surface area (Å²) in [4.78, 5) is 23.8. The fourth-order valence-electron chi connectivity index (χ4n) is 2.91. The van der Waals surface area contributed by atoms with E-state index in [1.165, 1.54) is 47.4 Å². The lowest BCUT2D eigenvalue weighted by Gasteiger charge is -2.33. The predicted octanol–water partition coefficient (Wildman–Crippen LogP) is 1.65. The zero-order valence-corrected chi connectivity index (χ0v) is 16.0. The number of ether oxygens (including phenoxy) is 1. The van der Waals surface area contributed by atoms with Crippen molar-refractivity contribution in [3.63, 3.8) is 0 Å². The van der Waals surface area contributed by atoms with Gasteiger partial charge >= 0.3 is 0 Å². The molecule has 1 aliphatic rings. The molecule has 1 heterocycles.